The highest BCUT2D eigenvalue weighted by molar-refractivity contribution is 7.10. The molecule has 0 aliphatic carbocycles. The first-order valence-corrected chi connectivity index (χ1v) is 6.75. The second-order valence-electron chi connectivity index (χ2n) is 4.22. The fourth-order valence-electron chi connectivity index (χ4n) is 1.76. The number of thiophene rings is 1. The van der Waals surface area contributed by atoms with Gasteiger partial charge in [-0.1, -0.05) is 18.2 Å². The van der Waals surface area contributed by atoms with Crippen molar-refractivity contribution >= 4 is 11.3 Å². The fraction of sp³-hybridized carbons (Fsp3) is 0.286. The fourth-order valence-corrected chi connectivity index (χ4v) is 2.52. The molecule has 18 heavy (non-hydrogen) atoms. The number of nitrogens with one attached hydrogen (secondary N) is 1. The van der Waals surface area contributed by atoms with Crippen molar-refractivity contribution in [2.24, 2.45) is 0 Å². The van der Waals surface area contributed by atoms with Gasteiger partial charge in [0.1, 0.15) is 5.82 Å². The Kier molecular flexibility index (Phi) is 4.47. The van der Waals surface area contributed by atoms with Crippen LogP contribution in [0.3, 0.4) is 0 Å². The van der Waals surface area contributed by atoms with Crippen LogP contribution in [-0.4, -0.2) is 11.7 Å². The van der Waals surface area contributed by atoms with Crippen LogP contribution in [0, 0.1) is 5.82 Å². The summed E-state index contributed by atoms with van der Waals surface area (Å²) in [4.78, 5) is 1.22. The van der Waals surface area contributed by atoms with E-state index >= 15 is 0 Å². The third kappa shape index (κ3) is 3.38. The molecule has 0 aliphatic rings. The normalized spacial score (nSPS) is 14.4. The van der Waals surface area contributed by atoms with Crippen LogP contribution in [0.5, 0.6) is 0 Å². The average Bonchev–Trinajstić information content (AvgIpc) is 2.89. The Morgan fingerprint density at radius 1 is 1.33 bits per heavy atom. The molecule has 4 heteroatoms. The summed E-state index contributed by atoms with van der Waals surface area (Å²) in [7, 11) is 0. The van der Waals surface area contributed by atoms with Crippen LogP contribution in [0.4, 0.5) is 4.39 Å². The van der Waals surface area contributed by atoms with Crippen LogP contribution in [0.15, 0.2) is 41.8 Å². The van der Waals surface area contributed by atoms with Crippen LogP contribution in [-0.2, 0) is 0 Å². The summed E-state index contributed by atoms with van der Waals surface area (Å²) in [5.41, 5.74) is 0.598. The minimum absolute atomic E-state index is 0.188. The van der Waals surface area contributed by atoms with Crippen LogP contribution in [0.25, 0.3) is 0 Å². The molecule has 2 aromatic rings. The Morgan fingerprint density at radius 2 is 2.17 bits per heavy atom. The number of benzene rings is 1. The molecule has 2 N–H and O–H groups in total. The maximum absolute atomic E-state index is 13.0. The minimum atomic E-state index is -0.692. The van der Waals surface area contributed by atoms with Crippen molar-refractivity contribution in [3.63, 3.8) is 0 Å². The average molecular weight is 265 g/mol. The smallest absolute Gasteiger partial charge is 0.123 e. The Morgan fingerprint density at radius 3 is 2.83 bits per heavy atom. The minimum Gasteiger partial charge on any atom is -0.387 e. The van der Waals surface area contributed by atoms with Gasteiger partial charge in [-0.05, 0) is 36.1 Å². The van der Waals surface area contributed by atoms with E-state index in [4.69, 9.17) is 0 Å². The van der Waals surface area contributed by atoms with Gasteiger partial charge in [0.15, 0.2) is 0 Å². The highest BCUT2D eigenvalue weighted by Gasteiger charge is 2.11. The summed E-state index contributed by atoms with van der Waals surface area (Å²) in [6.45, 7) is 2.45. The number of hydrogen-bond acceptors (Lipinski definition) is 3. The van der Waals surface area contributed by atoms with Crippen LogP contribution < -0.4 is 5.32 Å². The maximum atomic E-state index is 13.0. The van der Waals surface area contributed by atoms with Gasteiger partial charge < -0.3 is 10.4 Å². The van der Waals surface area contributed by atoms with E-state index in [0.717, 1.165) is 0 Å². The molecule has 96 valence electrons. The molecule has 0 amide bonds. The molecule has 0 fully saturated rings. The first-order chi connectivity index (χ1) is 8.66. The lowest BCUT2D eigenvalue weighted by Crippen LogP contribution is -2.24. The van der Waals surface area contributed by atoms with Gasteiger partial charge in [0, 0.05) is 17.5 Å². The standard InChI is InChI=1S/C14H16FNOS/c1-10(14-6-3-7-18-14)16-9-13(17)11-4-2-5-12(15)8-11/h2-8,10,13,16-17H,9H2,1H3. The number of aliphatic hydroxyl groups excluding tert-OH is 1. The van der Waals surface area contributed by atoms with E-state index in [1.165, 1.54) is 17.0 Å². The van der Waals surface area contributed by atoms with Gasteiger partial charge in [-0.25, -0.2) is 4.39 Å². The first-order valence-electron chi connectivity index (χ1n) is 5.87. The Balaban J connectivity index is 1.90. The van der Waals surface area contributed by atoms with Crippen molar-refractivity contribution in [2.75, 3.05) is 6.54 Å². The molecule has 0 spiro atoms. The van der Waals surface area contributed by atoms with Gasteiger partial charge in [0.05, 0.1) is 6.10 Å². The maximum Gasteiger partial charge on any atom is 0.123 e. The monoisotopic (exact) mass is 265 g/mol. The van der Waals surface area contributed by atoms with E-state index in [1.54, 1.807) is 23.5 Å². The van der Waals surface area contributed by atoms with Crippen molar-refractivity contribution in [2.45, 2.75) is 19.1 Å². The lowest BCUT2D eigenvalue weighted by atomic mass is 10.1. The van der Waals surface area contributed by atoms with Crippen molar-refractivity contribution < 1.29 is 9.50 Å². The molecule has 1 heterocycles. The Hall–Kier alpha value is -1.23. The van der Waals surface area contributed by atoms with Crippen LogP contribution in [0.2, 0.25) is 0 Å². The summed E-state index contributed by atoms with van der Waals surface area (Å²) in [5.74, 6) is -0.321. The zero-order valence-electron chi connectivity index (χ0n) is 10.1. The highest BCUT2D eigenvalue weighted by atomic mass is 32.1. The van der Waals surface area contributed by atoms with E-state index in [1.807, 2.05) is 18.4 Å². The van der Waals surface area contributed by atoms with Crippen LogP contribution in [0.1, 0.15) is 29.5 Å². The van der Waals surface area contributed by atoms with Gasteiger partial charge >= 0.3 is 0 Å². The second kappa shape index (κ2) is 6.09. The molecule has 2 atom stereocenters. The molecule has 0 saturated carbocycles. The predicted molar refractivity (Wildman–Crippen MR) is 72.1 cm³/mol. The third-order valence-corrected chi connectivity index (χ3v) is 3.88. The highest BCUT2D eigenvalue weighted by Crippen LogP contribution is 2.19. The first kappa shape index (κ1) is 13.2. The van der Waals surface area contributed by atoms with Crippen molar-refractivity contribution in [1.29, 1.82) is 0 Å². The van der Waals surface area contributed by atoms with Crippen molar-refractivity contribution in [3.05, 3.63) is 58.0 Å². The van der Waals surface area contributed by atoms with E-state index in [2.05, 4.69) is 11.4 Å². The molecule has 0 radical (unpaired) electrons. The Labute approximate surface area is 110 Å². The number of rotatable bonds is 5. The molecular formula is C14H16FNOS. The summed E-state index contributed by atoms with van der Waals surface area (Å²) in [6.07, 6.45) is -0.692. The van der Waals surface area contributed by atoms with E-state index < -0.39 is 6.10 Å². The molecule has 2 nitrogen and oxygen atoms in total. The number of halogens is 1. The molecule has 1 aromatic heterocycles. The van der Waals surface area contributed by atoms with Gasteiger partial charge in [-0.3, -0.25) is 0 Å². The Bertz CT molecular complexity index is 486. The molecule has 0 aliphatic heterocycles. The lowest BCUT2D eigenvalue weighted by Gasteiger charge is -2.16. The third-order valence-electron chi connectivity index (χ3n) is 2.82. The summed E-state index contributed by atoms with van der Waals surface area (Å²) >= 11 is 1.68. The molecule has 0 bridgehead atoms. The van der Waals surface area contributed by atoms with E-state index in [0.29, 0.717) is 12.1 Å². The van der Waals surface area contributed by atoms with E-state index in [-0.39, 0.29) is 11.9 Å². The molecule has 2 unspecified atom stereocenters. The molecule has 2 rings (SSSR count). The summed E-state index contributed by atoms with van der Waals surface area (Å²) in [6, 6.07) is 10.3. The molecule has 1 aromatic carbocycles. The SMILES string of the molecule is CC(NCC(O)c1cccc(F)c1)c1cccs1. The quantitative estimate of drug-likeness (QED) is 0.869. The summed E-state index contributed by atoms with van der Waals surface area (Å²) < 4.78 is 13.0. The number of hydrogen-bond donors (Lipinski definition) is 2. The van der Waals surface area contributed by atoms with Crippen molar-refractivity contribution in [1.82, 2.24) is 5.32 Å². The lowest BCUT2D eigenvalue weighted by molar-refractivity contribution is 0.170. The zero-order chi connectivity index (χ0) is 13.0. The second-order valence-corrected chi connectivity index (χ2v) is 5.20. The van der Waals surface area contributed by atoms with Crippen molar-refractivity contribution in [3.8, 4) is 0 Å². The molecule has 0 saturated heterocycles. The molecular weight excluding hydrogens is 249 g/mol. The van der Waals surface area contributed by atoms with Gasteiger partial charge in [-0.2, -0.15) is 0 Å². The summed E-state index contributed by atoms with van der Waals surface area (Å²) in [5, 5.41) is 15.2. The van der Waals surface area contributed by atoms with Crippen LogP contribution >= 0.6 is 11.3 Å². The number of aliphatic hydroxyl groups is 1. The largest absolute Gasteiger partial charge is 0.387 e. The topological polar surface area (TPSA) is 32.3 Å². The van der Waals surface area contributed by atoms with Gasteiger partial charge in [0.2, 0.25) is 0 Å². The predicted octanol–water partition coefficient (Wildman–Crippen LogP) is 3.27. The van der Waals surface area contributed by atoms with Gasteiger partial charge in [-0.15, -0.1) is 11.3 Å². The zero-order valence-corrected chi connectivity index (χ0v) is 11.0. The van der Waals surface area contributed by atoms with Gasteiger partial charge in [0.25, 0.3) is 0 Å². The van der Waals surface area contributed by atoms with E-state index in [9.17, 15) is 9.50 Å².